The van der Waals surface area contributed by atoms with Gasteiger partial charge in [-0.05, 0) is 42.9 Å². The number of hydrogen-bond acceptors (Lipinski definition) is 2. The minimum Gasteiger partial charge on any atom is -0.339 e. The molecule has 1 heterocycles. The normalized spacial score (nSPS) is 26.9. The standard InChI is InChI=1S/C19H23FN2O2/c20-15-6-4-13(5-7-15)16-12-17(16)19(24)22-10-8-21(9-11-22)18(23)14-2-1-3-14/h4-7,14,16-17H,1-3,8-12H2. The number of amides is 2. The first-order valence-corrected chi connectivity index (χ1v) is 8.96. The zero-order chi connectivity index (χ0) is 16.7. The van der Waals surface area contributed by atoms with E-state index in [-0.39, 0.29) is 35.4 Å². The molecule has 2 aliphatic carbocycles. The van der Waals surface area contributed by atoms with Crippen LogP contribution in [0.2, 0.25) is 0 Å². The number of carbonyl (C=O) groups is 2. The molecule has 0 aromatic heterocycles. The van der Waals surface area contributed by atoms with Crippen molar-refractivity contribution in [3.8, 4) is 0 Å². The van der Waals surface area contributed by atoms with Gasteiger partial charge in [-0.3, -0.25) is 9.59 Å². The summed E-state index contributed by atoms with van der Waals surface area (Å²) in [5.74, 6) is 0.731. The number of benzene rings is 1. The number of hydrogen-bond donors (Lipinski definition) is 0. The summed E-state index contributed by atoms with van der Waals surface area (Å²) in [4.78, 5) is 28.7. The molecule has 1 saturated heterocycles. The maximum Gasteiger partial charge on any atom is 0.226 e. The van der Waals surface area contributed by atoms with Crippen molar-refractivity contribution in [2.75, 3.05) is 26.2 Å². The third kappa shape index (κ3) is 2.92. The van der Waals surface area contributed by atoms with E-state index in [9.17, 15) is 14.0 Å². The maximum atomic E-state index is 13.0. The van der Waals surface area contributed by atoms with Gasteiger partial charge in [0.1, 0.15) is 5.82 Å². The van der Waals surface area contributed by atoms with Gasteiger partial charge in [0.2, 0.25) is 11.8 Å². The lowest BCUT2D eigenvalue weighted by Gasteiger charge is -2.38. The summed E-state index contributed by atoms with van der Waals surface area (Å²) in [6.45, 7) is 2.61. The van der Waals surface area contributed by atoms with Gasteiger partial charge in [0, 0.05) is 38.0 Å². The van der Waals surface area contributed by atoms with Crippen LogP contribution in [-0.2, 0) is 9.59 Å². The third-order valence-electron chi connectivity index (χ3n) is 5.76. The summed E-state index contributed by atoms with van der Waals surface area (Å²) < 4.78 is 13.0. The van der Waals surface area contributed by atoms with Gasteiger partial charge in [-0.25, -0.2) is 4.39 Å². The molecule has 1 aromatic carbocycles. The van der Waals surface area contributed by atoms with Crippen LogP contribution >= 0.6 is 0 Å². The van der Waals surface area contributed by atoms with Crippen molar-refractivity contribution >= 4 is 11.8 Å². The zero-order valence-electron chi connectivity index (χ0n) is 13.8. The van der Waals surface area contributed by atoms with Crippen molar-refractivity contribution in [1.29, 1.82) is 0 Å². The largest absolute Gasteiger partial charge is 0.339 e. The Morgan fingerprint density at radius 1 is 0.917 bits per heavy atom. The lowest BCUT2D eigenvalue weighted by Crippen LogP contribution is -2.53. The van der Waals surface area contributed by atoms with E-state index in [2.05, 4.69) is 0 Å². The van der Waals surface area contributed by atoms with Crippen molar-refractivity contribution in [2.24, 2.45) is 11.8 Å². The maximum absolute atomic E-state index is 13.0. The van der Waals surface area contributed by atoms with E-state index in [4.69, 9.17) is 0 Å². The smallest absolute Gasteiger partial charge is 0.226 e. The fraction of sp³-hybridized carbons (Fsp3) is 0.579. The van der Waals surface area contributed by atoms with Gasteiger partial charge in [-0.2, -0.15) is 0 Å². The Morgan fingerprint density at radius 2 is 1.50 bits per heavy atom. The Bertz CT molecular complexity index is 633. The van der Waals surface area contributed by atoms with Crippen LogP contribution in [-0.4, -0.2) is 47.8 Å². The summed E-state index contributed by atoms with van der Waals surface area (Å²) in [5, 5.41) is 0. The predicted molar refractivity (Wildman–Crippen MR) is 87.7 cm³/mol. The van der Waals surface area contributed by atoms with Gasteiger partial charge in [-0.15, -0.1) is 0 Å². The molecule has 0 N–H and O–H groups in total. The second-order valence-corrected chi connectivity index (χ2v) is 7.28. The molecule has 2 amide bonds. The van der Waals surface area contributed by atoms with Crippen LogP contribution in [0.25, 0.3) is 0 Å². The highest BCUT2D eigenvalue weighted by molar-refractivity contribution is 5.84. The van der Waals surface area contributed by atoms with Crippen molar-refractivity contribution in [3.05, 3.63) is 35.6 Å². The molecule has 128 valence electrons. The molecule has 3 fully saturated rings. The second-order valence-electron chi connectivity index (χ2n) is 7.28. The van der Waals surface area contributed by atoms with Crippen LogP contribution in [0, 0.1) is 17.7 Å². The van der Waals surface area contributed by atoms with Gasteiger partial charge >= 0.3 is 0 Å². The van der Waals surface area contributed by atoms with E-state index in [0.29, 0.717) is 26.2 Å². The molecule has 24 heavy (non-hydrogen) atoms. The Balaban J connectivity index is 1.29. The molecule has 0 bridgehead atoms. The Labute approximate surface area is 141 Å². The molecule has 3 aliphatic rings. The quantitative estimate of drug-likeness (QED) is 0.854. The second kappa shape index (κ2) is 6.19. The van der Waals surface area contributed by atoms with Crippen LogP contribution in [0.3, 0.4) is 0 Å². The number of rotatable bonds is 3. The Hall–Kier alpha value is -1.91. The van der Waals surface area contributed by atoms with Crippen LogP contribution in [0.4, 0.5) is 4.39 Å². The van der Waals surface area contributed by atoms with E-state index in [1.54, 1.807) is 12.1 Å². The van der Waals surface area contributed by atoms with Crippen LogP contribution in [0.15, 0.2) is 24.3 Å². The number of piperazine rings is 1. The monoisotopic (exact) mass is 330 g/mol. The van der Waals surface area contributed by atoms with E-state index in [1.165, 1.54) is 18.6 Å². The Kier molecular flexibility index (Phi) is 4.02. The average Bonchev–Trinajstić information content (AvgIpc) is 3.34. The van der Waals surface area contributed by atoms with E-state index in [1.807, 2.05) is 9.80 Å². The minimum absolute atomic E-state index is 0.0318. The highest BCUT2D eigenvalue weighted by Gasteiger charge is 2.46. The molecule has 1 aliphatic heterocycles. The van der Waals surface area contributed by atoms with Gasteiger partial charge in [0.05, 0.1) is 0 Å². The topological polar surface area (TPSA) is 40.6 Å². The molecule has 2 saturated carbocycles. The lowest BCUT2D eigenvalue weighted by molar-refractivity contribution is -0.144. The van der Waals surface area contributed by atoms with E-state index >= 15 is 0 Å². The van der Waals surface area contributed by atoms with Crippen LogP contribution in [0.5, 0.6) is 0 Å². The lowest BCUT2D eigenvalue weighted by atomic mass is 9.84. The number of nitrogens with zero attached hydrogens (tertiary/aromatic N) is 2. The molecular weight excluding hydrogens is 307 g/mol. The molecule has 2 atom stereocenters. The molecule has 4 nitrogen and oxygen atoms in total. The summed E-state index contributed by atoms with van der Waals surface area (Å²) in [5.41, 5.74) is 1.05. The van der Waals surface area contributed by atoms with Crippen molar-refractivity contribution < 1.29 is 14.0 Å². The van der Waals surface area contributed by atoms with E-state index < -0.39 is 0 Å². The van der Waals surface area contributed by atoms with Crippen molar-refractivity contribution in [2.45, 2.75) is 31.6 Å². The van der Waals surface area contributed by atoms with E-state index in [0.717, 1.165) is 24.8 Å². The first-order chi connectivity index (χ1) is 11.6. The van der Waals surface area contributed by atoms with Gasteiger partial charge in [-0.1, -0.05) is 18.6 Å². The van der Waals surface area contributed by atoms with Crippen molar-refractivity contribution in [1.82, 2.24) is 9.80 Å². The summed E-state index contributed by atoms with van der Waals surface area (Å²) >= 11 is 0. The molecular formula is C19H23FN2O2. The van der Waals surface area contributed by atoms with Gasteiger partial charge in [0.25, 0.3) is 0 Å². The summed E-state index contributed by atoms with van der Waals surface area (Å²) in [6.07, 6.45) is 4.08. The first kappa shape index (κ1) is 15.6. The predicted octanol–water partition coefficient (Wildman–Crippen LogP) is 2.40. The molecule has 0 spiro atoms. The third-order valence-corrected chi connectivity index (χ3v) is 5.76. The molecule has 4 rings (SSSR count). The zero-order valence-corrected chi connectivity index (χ0v) is 13.8. The van der Waals surface area contributed by atoms with Crippen LogP contribution in [0.1, 0.15) is 37.2 Å². The summed E-state index contributed by atoms with van der Waals surface area (Å²) in [6, 6.07) is 6.48. The Morgan fingerprint density at radius 3 is 2.04 bits per heavy atom. The van der Waals surface area contributed by atoms with Crippen LogP contribution < -0.4 is 0 Å². The highest BCUT2D eigenvalue weighted by atomic mass is 19.1. The molecule has 5 heteroatoms. The minimum atomic E-state index is -0.241. The molecule has 2 unspecified atom stereocenters. The van der Waals surface area contributed by atoms with Gasteiger partial charge < -0.3 is 9.80 Å². The fourth-order valence-electron chi connectivity index (χ4n) is 3.84. The SMILES string of the molecule is O=C(C1CCC1)N1CCN(C(=O)C2CC2c2ccc(F)cc2)CC1. The van der Waals surface area contributed by atoms with Crippen molar-refractivity contribution in [3.63, 3.8) is 0 Å². The molecule has 0 radical (unpaired) electrons. The van der Waals surface area contributed by atoms with Gasteiger partial charge in [0.15, 0.2) is 0 Å². The summed E-state index contributed by atoms with van der Waals surface area (Å²) in [7, 11) is 0. The highest BCUT2D eigenvalue weighted by Crippen LogP contribution is 2.48. The molecule has 1 aromatic rings. The first-order valence-electron chi connectivity index (χ1n) is 8.96. The average molecular weight is 330 g/mol. The fourth-order valence-corrected chi connectivity index (χ4v) is 3.84. The number of carbonyl (C=O) groups excluding carboxylic acids is 2. The number of halogens is 1.